The average Bonchev–Trinajstić information content (AvgIpc) is 2.41. The largest absolute Gasteiger partial charge is 0.398 e. The Labute approximate surface area is 79.8 Å². The Morgan fingerprint density at radius 2 is 2.17 bits per heavy atom. The van der Waals surface area contributed by atoms with Crippen LogP contribution in [0.4, 0.5) is 5.69 Å². The first-order valence-corrected chi connectivity index (χ1v) is 4.82. The zero-order chi connectivity index (χ0) is 8.72. The summed E-state index contributed by atoms with van der Waals surface area (Å²) in [6.07, 6.45) is 0. The van der Waals surface area contributed by atoms with Crippen LogP contribution < -0.4 is 5.73 Å². The van der Waals surface area contributed by atoms with Crippen LogP contribution >= 0.6 is 22.9 Å². The van der Waals surface area contributed by atoms with Gasteiger partial charge in [-0.15, -0.1) is 11.3 Å². The van der Waals surface area contributed by atoms with Gasteiger partial charge in [-0.2, -0.15) is 0 Å². The number of hydrogen-bond donors (Lipinski definition) is 1. The van der Waals surface area contributed by atoms with Crippen molar-refractivity contribution in [1.29, 1.82) is 0 Å². The number of fused-ring (bicyclic) bond motifs is 1. The molecule has 0 atom stereocenters. The SMILES string of the molecule is Cc1cc2c(N)ccc(Cl)c2s1. The van der Waals surface area contributed by atoms with E-state index in [0.717, 1.165) is 20.8 Å². The molecule has 0 bridgehead atoms. The maximum atomic E-state index is 6.00. The number of hydrogen-bond acceptors (Lipinski definition) is 2. The van der Waals surface area contributed by atoms with Crippen molar-refractivity contribution in [3.8, 4) is 0 Å². The molecule has 0 saturated carbocycles. The third-order valence-electron chi connectivity index (χ3n) is 1.79. The number of aryl methyl sites for hydroxylation is 1. The van der Waals surface area contributed by atoms with E-state index in [4.69, 9.17) is 17.3 Å². The fraction of sp³-hybridized carbons (Fsp3) is 0.111. The number of rotatable bonds is 0. The highest BCUT2D eigenvalue weighted by Crippen LogP contribution is 2.34. The highest BCUT2D eigenvalue weighted by atomic mass is 35.5. The van der Waals surface area contributed by atoms with Crippen molar-refractivity contribution >= 4 is 38.7 Å². The number of halogens is 1. The summed E-state index contributed by atoms with van der Waals surface area (Å²) < 4.78 is 1.09. The van der Waals surface area contributed by atoms with E-state index in [1.54, 1.807) is 11.3 Å². The van der Waals surface area contributed by atoms with E-state index in [9.17, 15) is 0 Å². The van der Waals surface area contributed by atoms with Crippen LogP contribution in [0.1, 0.15) is 4.88 Å². The molecule has 2 rings (SSSR count). The average molecular weight is 198 g/mol. The first-order chi connectivity index (χ1) is 5.68. The van der Waals surface area contributed by atoms with Crippen molar-refractivity contribution < 1.29 is 0 Å². The van der Waals surface area contributed by atoms with Gasteiger partial charge in [-0.05, 0) is 25.1 Å². The molecule has 1 aromatic carbocycles. The molecule has 0 radical (unpaired) electrons. The predicted molar refractivity (Wildman–Crippen MR) is 56.0 cm³/mol. The summed E-state index contributed by atoms with van der Waals surface area (Å²) in [6.45, 7) is 2.06. The van der Waals surface area contributed by atoms with Crippen molar-refractivity contribution in [2.24, 2.45) is 0 Å². The van der Waals surface area contributed by atoms with E-state index in [0.29, 0.717) is 0 Å². The van der Waals surface area contributed by atoms with Crippen molar-refractivity contribution in [2.45, 2.75) is 6.92 Å². The molecule has 0 aliphatic heterocycles. The van der Waals surface area contributed by atoms with Gasteiger partial charge in [-0.3, -0.25) is 0 Å². The molecular weight excluding hydrogens is 190 g/mol. The molecule has 2 aromatic rings. The molecule has 1 aromatic heterocycles. The summed E-state index contributed by atoms with van der Waals surface area (Å²) in [5.41, 5.74) is 6.59. The highest BCUT2D eigenvalue weighted by Gasteiger charge is 2.04. The third kappa shape index (κ3) is 1.08. The van der Waals surface area contributed by atoms with E-state index < -0.39 is 0 Å². The van der Waals surface area contributed by atoms with Gasteiger partial charge in [0, 0.05) is 16.0 Å². The minimum absolute atomic E-state index is 0.789. The Hall–Kier alpha value is -0.730. The Balaban J connectivity index is 2.93. The lowest BCUT2D eigenvalue weighted by molar-refractivity contribution is 1.65. The Morgan fingerprint density at radius 1 is 1.42 bits per heavy atom. The fourth-order valence-corrected chi connectivity index (χ4v) is 2.47. The molecule has 0 aliphatic carbocycles. The van der Waals surface area contributed by atoms with Gasteiger partial charge in [0.05, 0.1) is 9.72 Å². The second-order valence-electron chi connectivity index (χ2n) is 2.74. The van der Waals surface area contributed by atoms with Gasteiger partial charge in [0.1, 0.15) is 0 Å². The summed E-state index contributed by atoms with van der Waals surface area (Å²) >= 11 is 7.68. The highest BCUT2D eigenvalue weighted by molar-refractivity contribution is 7.19. The second-order valence-corrected chi connectivity index (χ2v) is 4.40. The standard InChI is InChI=1S/C9H8ClNS/c1-5-4-6-8(11)3-2-7(10)9(6)12-5/h2-4H,11H2,1H3. The molecule has 12 heavy (non-hydrogen) atoms. The van der Waals surface area contributed by atoms with Gasteiger partial charge in [0.2, 0.25) is 0 Å². The fourth-order valence-electron chi connectivity index (χ4n) is 1.23. The molecule has 62 valence electrons. The lowest BCUT2D eigenvalue weighted by Crippen LogP contribution is -1.83. The Morgan fingerprint density at radius 3 is 2.83 bits per heavy atom. The molecule has 1 nitrogen and oxygen atoms in total. The van der Waals surface area contributed by atoms with Crippen LogP contribution in [0, 0.1) is 6.92 Å². The van der Waals surface area contributed by atoms with Crippen LogP contribution in [0.3, 0.4) is 0 Å². The van der Waals surface area contributed by atoms with Gasteiger partial charge in [0.15, 0.2) is 0 Å². The molecule has 2 N–H and O–H groups in total. The molecule has 0 aliphatic rings. The van der Waals surface area contributed by atoms with Gasteiger partial charge in [0.25, 0.3) is 0 Å². The van der Waals surface area contributed by atoms with Crippen LogP contribution in [-0.4, -0.2) is 0 Å². The van der Waals surface area contributed by atoms with Crippen LogP contribution in [0.15, 0.2) is 18.2 Å². The van der Waals surface area contributed by atoms with Gasteiger partial charge >= 0.3 is 0 Å². The lowest BCUT2D eigenvalue weighted by atomic mass is 10.2. The topological polar surface area (TPSA) is 26.0 Å². The minimum Gasteiger partial charge on any atom is -0.398 e. The summed E-state index contributed by atoms with van der Waals surface area (Å²) in [4.78, 5) is 1.24. The van der Waals surface area contributed by atoms with Crippen molar-refractivity contribution in [2.75, 3.05) is 5.73 Å². The quantitative estimate of drug-likeness (QED) is 0.644. The number of thiophene rings is 1. The zero-order valence-corrected chi connectivity index (χ0v) is 8.17. The lowest BCUT2D eigenvalue weighted by Gasteiger charge is -1.96. The molecule has 0 saturated heterocycles. The molecule has 0 fully saturated rings. The summed E-state index contributed by atoms with van der Waals surface area (Å²) in [7, 11) is 0. The van der Waals surface area contributed by atoms with Gasteiger partial charge < -0.3 is 5.73 Å². The molecule has 3 heteroatoms. The Bertz CT molecular complexity index is 394. The predicted octanol–water partition coefficient (Wildman–Crippen LogP) is 3.45. The molecule has 0 unspecified atom stereocenters. The smallest absolute Gasteiger partial charge is 0.0585 e. The summed E-state index contributed by atoms with van der Waals surface area (Å²) in [6, 6.07) is 5.76. The summed E-state index contributed by atoms with van der Waals surface area (Å²) in [5, 5.41) is 1.86. The van der Waals surface area contributed by atoms with E-state index in [-0.39, 0.29) is 0 Å². The van der Waals surface area contributed by atoms with Crippen molar-refractivity contribution in [3.63, 3.8) is 0 Å². The normalized spacial score (nSPS) is 10.8. The third-order valence-corrected chi connectivity index (χ3v) is 3.30. The maximum Gasteiger partial charge on any atom is 0.0585 e. The van der Waals surface area contributed by atoms with Crippen LogP contribution in [-0.2, 0) is 0 Å². The monoisotopic (exact) mass is 197 g/mol. The first kappa shape index (κ1) is 7.90. The maximum absolute atomic E-state index is 6.00. The van der Waals surface area contributed by atoms with E-state index in [1.807, 2.05) is 12.1 Å². The van der Waals surface area contributed by atoms with Gasteiger partial charge in [-0.25, -0.2) is 0 Å². The first-order valence-electron chi connectivity index (χ1n) is 3.62. The van der Waals surface area contributed by atoms with Crippen molar-refractivity contribution in [3.05, 3.63) is 28.1 Å². The summed E-state index contributed by atoms with van der Waals surface area (Å²) in [5.74, 6) is 0. The van der Waals surface area contributed by atoms with Crippen LogP contribution in [0.5, 0.6) is 0 Å². The van der Waals surface area contributed by atoms with E-state index in [1.165, 1.54) is 4.88 Å². The molecule has 1 heterocycles. The van der Waals surface area contributed by atoms with Crippen molar-refractivity contribution in [1.82, 2.24) is 0 Å². The van der Waals surface area contributed by atoms with Gasteiger partial charge in [-0.1, -0.05) is 11.6 Å². The van der Waals surface area contributed by atoms with Crippen LogP contribution in [0.25, 0.3) is 10.1 Å². The van der Waals surface area contributed by atoms with E-state index in [2.05, 4.69) is 13.0 Å². The molecule has 0 spiro atoms. The Kier molecular flexibility index (Phi) is 1.74. The zero-order valence-electron chi connectivity index (χ0n) is 6.60. The molecular formula is C9H8ClNS. The number of anilines is 1. The number of nitrogens with two attached hydrogens (primary N) is 1. The number of nitrogen functional groups attached to an aromatic ring is 1. The minimum atomic E-state index is 0.789. The van der Waals surface area contributed by atoms with Crippen LogP contribution in [0.2, 0.25) is 5.02 Å². The molecule has 0 amide bonds. The van der Waals surface area contributed by atoms with E-state index >= 15 is 0 Å². The second kappa shape index (κ2) is 2.64. The number of benzene rings is 1.